The van der Waals surface area contributed by atoms with Gasteiger partial charge in [-0.15, -0.1) is 0 Å². The summed E-state index contributed by atoms with van der Waals surface area (Å²) in [5.74, 6) is 0.720. The number of nitrogens with two attached hydrogens (primary N) is 1. The smallest absolute Gasteiger partial charge is 0.191 e. The third kappa shape index (κ3) is 3.60. The number of hydrogen-bond acceptors (Lipinski definition) is 4. The van der Waals surface area contributed by atoms with E-state index in [0.29, 0.717) is 6.04 Å². The molecule has 1 rings (SSSR count). The Bertz CT molecular complexity index is 263. The Morgan fingerprint density at radius 2 is 1.94 bits per heavy atom. The molecule has 0 bridgehead atoms. The number of likely N-dealkylation sites (N-methyl/N-ethyl adjacent to an activating group) is 1. The lowest BCUT2D eigenvalue weighted by Gasteiger charge is -2.36. The van der Waals surface area contributed by atoms with Gasteiger partial charge in [-0.25, -0.2) is 0 Å². The van der Waals surface area contributed by atoms with Gasteiger partial charge in [-0.1, -0.05) is 34.6 Å². The van der Waals surface area contributed by atoms with Crippen LogP contribution >= 0.6 is 0 Å². The van der Waals surface area contributed by atoms with E-state index in [1.807, 2.05) is 0 Å². The Labute approximate surface area is 106 Å². The Hall–Kier alpha value is -0.770. The van der Waals surface area contributed by atoms with E-state index in [2.05, 4.69) is 49.4 Å². The van der Waals surface area contributed by atoms with Crippen molar-refractivity contribution in [2.24, 2.45) is 16.1 Å². The van der Waals surface area contributed by atoms with Gasteiger partial charge < -0.3 is 15.5 Å². The molecule has 100 valence electrons. The van der Waals surface area contributed by atoms with Gasteiger partial charge in [-0.2, -0.15) is 0 Å². The summed E-state index contributed by atoms with van der Waals surface area (Å²) in [5.41, 5.74) is 6.22. The minimum Gasteiger partial charge on any atom is -0.370 e. The summed E-state index contributed by atoms with van der Waals surface area (Å²) in [6, 6.07) is 0.443. The van der Waals surface area contributed by atoms with Gasteiger partial charge in [0.25, 0.3) is 0 Å². The van der Waals surface area contributed by atoms with Crippen molar-refractivity contribution < 1.29 is 0 Å². The average molecular weight is 240 g/mol. The highest BCUT2D eigenvalue weighted by Crippen LogP contribution is 2.27. The molecule has 1 unspecified atom stereocenters. The second kappa shape index (κ2) is 5.71. The first-order valence-electron chi connectivity index (χ1n) is 6.69. The van der Waals surface area contributed by atoms with E-state index in [0.717, 1.165) is 38.7 Å². The second-order valence-electron chi connectivity index (χ2n) is 5.80. The van der Waals surface area contributed by atoms with Crippen molar-refractivity contribution in [3.05, 3.63) is 0 Å². The molecule has 4 nitrogen and oxygen atoms in total. The van der Waals surface area contributed by atoms with E-state index < -0.39 is 0 Å². The van der Waals surface area contributed by atoms with Gasteiger partial charge in [0.05, 0.1) is 12.6 Å². The SMILES string of the molecule is CCN(CC)CCN1C(N)=NCC1C(C)(C)C. The lowest BCUT2D eigenvalue weighted by molar-refractivity contribution is 0.168. The molecule has 4 heteroatoms. The van der Waals surface area contributed by atoms with Crippen molar-refractivity contribution in [2.75, 3.05) is 32.7 Å². The van der Waals surface area contributed by atoms with Crippen LogP contribution < -0.4 is 5.73 Å². The van der Waals surface area contributed by atoms with E-state index in [1.54, 1.807) is 0 Å². The van der Waals surface area contributed by atoms with Crippen LogP contribution in [-0.2, 0) is 0 Å². The molecule has 0 aliphatic carbocycles. The minimum atomic E-state index is 0.230. The Balaban J connectivity index is 2.57. The van der Waals surface area contributed by atoms with E-state index >= 15 is 0 Å². The maximum atomic E-state index is 5.99. The minimum absolute atomic E-state index is 0.230. The van der Waals surface area contributed by atoms with E-state index in [1.165, 1.54) is 0 Å². The van der Waals surface area contributed by atoms with E-state index in [9.17, 15) is 0 Å². The molecular weight excluding hydrogens is 212 g/mol. The first kappa shape index (κ1) is 14.3. The molecule has 17 heavy (non-hydrogen) atoms. The summed E-state index contributed by atoms with van der Waals surface area (Å²) >= 11 is 0. The van der Waals surface area contributed by atoms with Gasteiger partial charge in [0.2, 0.25) is 0 Å². The Morgan fingerprint density at radius 1 is 1.35 bits per heavy atom. The highest BCUT2D eigenvalue weighted by atomic mass is 15.3. The molecule has 0 spiro atoms. The number of guanidine groups is 1. The number of hydrogen-bond donors (Lipinski definition) is 1. The zero-order chi connectivity index (χ0) is 13.1. The van der Waals surface area contributed by atoms with Crippen LogP contribution in [0.1, 0.15) is 34.6 Å². The largest absolute Gasteiger partial charge is 0.370 e. The molecule has 0 saturated heterocycles. The molecule has 0 radical (unpaired) electrons. The average Bonchev–Trinajstić information content (AvgIpc) is 2.61. The van der Waals surface area contributed by atoms with Crippen molar-refractivity contribution in [1.29, 1.82) is 0 Å². The summed E-state index contributed by atoms with van der Waals surface area (Å²) in [7, 11) is 0. The fraction of sp³-hybridized carbons (Fsp3) is 0.923. The Morgan fingerprint density at radius 3 is 2.41 bits per heavy atom. The van der Waals surface area contributed by atoms with Crippen LogP contribution in [0.4, 0.5) is 0 Å². The van der Waals surface area contributed by atoms with Crippen LogP contribution in [0.15, 0.2) is 4.99 Å². The fourth-order valence-corrected chi connectivity index (χ4v) is 2.33. The third-order valence-electron chi connectivity index (χ3n) is 3.65. The zero-order valence-corrected chi connectivity index (χ0v) is 12.0. The first-order chi connectivity index (χ1) is 7.90. The molecule has 1 aliphatic heterocycles. The summed E-state index contributed by atoms with van der Waals surface area (Å²) in [4.78, 5) is 9.09. The molecule has 0 fully saturated rings. The van der Waals surface area contributed by atoms with Gasteiger partial charge in [0.15, 0.2) is 5.96 Å². The molecule has 0 aromatic carbocycles. The topological polar surface area (TPSA) is 44.9 Å². The predicted octanol–water partition coefficient (Wildman–Crippen LogP) is 1.37. The van der Waals surface area contributed by atoms with Crippen LogP contribution in [0.3, 0.4) is 0 Å². The maximum absolute atomic E-state index is 5.99. The second-order valence-corrected chi connectivity index (χ2v) is 5.80. The summed E-state index contributed by atoms with van der Waals surface area (Å²) < 4.78 is 0. The quantitative estimate of drug-likeness (QED) is 0.789. The van der Waals surface area contributed by atoms with Gasteiger partial charge in [-0.3, -0.25) is 4.99 Å². The molecule has 0 amide bonds. The normalized spacial score (nSPS) is 21.2. The standard InChI is InChI=1S/C13H28N4/c1-6-16(7-2)8-9-17-11(13(3,4)5)10-15-12(17)14/h11H,6-10H2,1-5H3,(H2,14,15). The first-order valence-corrected chi connectivity index (χ1v) is 6.69. The van der Waals surface area contributed by atoms with Crippen molar-refractivity contribution in [1.82, 2.24) is 9.80 Å². The summed E-state index contributed by atoms with van der Waals surface area (Å²) in [5, 5.41) is 0. The Kier molecular flexibility index (Phi) is 4.80. The number of nitrogens with zero attached hydrogens (tertiary/aromatic N) is 3. The lowest BCUT2D eigenvalue weighted by Crippen LogP contribution is -2.49. The van der Waals surface area contributed by atoms with Crippen molar-refractivity contribution >= 4 is 5.96 Å². The number of aliphatic imine (C=N–C) groups is 1. The lowest BCUT2D eigenvalue weighted by atomic mass is 9.86. The maximum Gasteiger partial charge on any atom is 0.191 e. The molecular formula is C13H28N4. The highest BCUT2D eigenvalue weighted by molar-refractivity contribution is 5.80. The van der Waals surface area contributed by atoms with Crippen molar-refractivity contribution in [2.45, 2.75) is 40.7 Å². The fourth-order valence-electron chi connectivity index (χ4n) is 2.33. The highest BCUT2D eigenvalue weighted by Gasteiger charge is 2.35. The summed E-state index contributed by atoms with van der Waals surface area (Å²) in [6.07, 6.45) is 0. The molecule has 1 atom stereocenters. The number of rotatable bonds is 5. The molecule has 2 N–H and O–H groups in total. The van der Waals surface area contributed by atoms with Crippen LogP contribution in [0.25, 0.3) is 0 Å². The van der Waals surface area contributed by atoms with Crippen LogP contribution in [-0.4, -0.2) is 54.5 Å². The van der Waals surface area contributed by atoms with E-state index in [-0.39, 0.29) is 5.41 Å². The van der Waals surface area contributed by atoms with Gasteiger partial charge in [0, 0.05) is 13.1 Å². The monoisotopic (exact) mass is 240 g/mol. The summed E-state index contributed by atoms with van der Waals surface area (Å²) in [6.45, 7) is 16.3. The molecule has 0 aromatic rings. The van der Waals surface area contributed by atoms with Gasteiger partial charge >= 0.3 is 0 Å². The zero-order valence-electron chi connectivity index (χ0n) is 12.0. The van der Waals surface area contributed by atoms with Gasteiger partial charge in [-0.05, 0) is 18.5 Å². The molecule has 1 aliphatic rings. The predicted molar refractivity (Wildman–Crippen MR) is 74.2 cm³/mol. The van der Waals surface area contributed by atoms with Gasteiger partial charge in [0.1, 0.15) is 0 Å². The third-order valence-corrected chi connectivity index (χ3v) is 3.65. The van der Waals surface area contributed by atoms with Crippen molar-refractivity contribution in [3.8, 4) is 0 Å². The molecule has 0 saturated carbocycles. The van der Waals surface area contributed by atoms with Crippen LogP contribution in [0.5, 0.6) is 0 Å². The molecule has 0 aromatic heterocycles. The van der Waals surface area contributed by atoms with E-state index in [4.69, 9.17) is 5.73 Å². The molecule has 1 heterocycles. The van der Waals surface area contributed by atoms with Crippen molar-refractivity contribution in [3.63, 3.8) is 0 Å². The van der Waals surface area contributed by atoms with Crippen LogP contribution in [0.2, 0.25) is 0 Å². The van der Waals surface area contributed by atoms with Crippen LogP contribution in [0, 0.1) is 5.41 Å².